The molecule has 4 N–H and O–H groups in total. The summed E-state index contributed by atoms with van der Waals surface area (Å²) >= 11 is 0. The van der Waals surface area contributed by atoms with Gasteiger partial charge in [-0.1, -0.05) is 0 Å². The van der Waals surface area contributed by atoms with E-state index in [1.165, 1.54) is 25.7 Å². The summed E-state index contributed by atoms with van der Waals surface area (Å²) in [5, 5.41) is 10.9. The Morgan fingerprint density at radius 3 is 2.64 bits per heavy atom. The molecule has 0 saturated carbocycles. The van der Waals surface area contributed by atoms with Crippen LogP contribution in [0.15, 0.2) is 0 Å². The van der Waals surface area contributed by atoms with E-state index in [2.05, 4.69) is 26.3 Å². The fourth-order valence-corrected chi connectivity index (χ4v) is 4.14. The van der Waals surface area contributed by atoms with Crippen LogP contribution in [0.3, 0.4) is 0 Å². The number of nitrogens with zero attached hydrogens (tertiary/aromatic N) is 1. The summed E-state index contributed by atoms with van der Waals surface area (Å²) in [5.74, 6) is 0.587. The lowest BCUT2D eigenvalue weighted by atomic mass is 9.94. The third-order valence-corrected chi connectivity index (χ3v) is 5.51. The highest BCUT2D eigenvalue weighted by atomic mass is 16.7. The second kappa shape index (κ2) is 7.09. The molecule has 0 aliphatic carbocycles. The largest absolute Gasteiger partial charge is 0.379 e. The molecule has 0 radical (unpaired) electrons. The molecule has 0 bridgehead atoms. The molecular formula is C15H29N5O2. The van der Waals surface area contributed by atoms with E-state index in [1.807, 2.05) is 0 Å². The first-order valence-corrected chi connectivity index (χ1v) is 8.86. The van der Waals surface area contributed by atoms with Crippen molar-refractivity contribution in [2.45, 2.75) is 50.3 Å². The maximum absolute atomic E-state index is 5.77. The Morgan fingerprint density at radius 1 is 1.00 bits per heavy atom. The van der Waals surface area contributed by atoms with E-state index in [0.29, 0.717) is 18.1 Å². The van der Waals surface area contributed by atoms with Crippen molar-refractivity contribution in [3.05, 3.63) is 0 Å². The number of nitrogens with one attached hydrogen (secondary N) is 4. The summed E-state index contributed by atoms with van der Waals surface area (Å²) in [7, 11) is 0. The van der Waals surface area contributed by atoms with Gasteiger partial charge in [0.2, 0.25) is 0 Å². The van der Waals surface area contributed by atoms with Crippen LogP contribution in [-0.4, -0.2) is 68.9 Å². The van der Waals surface area contributed by atoms with Gasteiger partial charge in [-0.3, -0.25) is 15.1 Å². The third kappa shape index (κ3) is 3.31. The average Bonchev–Trinajstić information content (AvgIpc) is 3.27. The van der Waals surface area contributed by atoms with Crippen molar-refractivity contribution in [3.63, 3.8) is 0 Å². The molecule has 7 nitrogen and oxygen atoms in total. The van der Waals surface area contributed by atoms with Crippen molar-refractivity contribution in [2.75, 3.05) is 39.4 Å². The van der Waals surface area contributed by atoms with Crippen LogP contribution in [-0.2, 0) is 9.57 Å². The van der Waals surface area contributed by atoms with Gasteiger partial charge in [0, 0.05) is 31.6 Å². The molecule has 5 atom stereocenters. The van der Waals surface area contributed by atoms with E-state index in [-0.39, 0.29) is 12.4 Å². The van der Waals surface area contributed by atoms with Gasteiger partial charge in [-0.05, 0) is 32.2 Å². The standard InChI is InChI=1S/C15H29N5O2/c1-2-12(16-5-1)15-18-14(19-22-15)11-3-4-13(17-10-11)20-6-8-21-9-7-20/h11-19H,1-10H2/t11?,12-,13?,14?,15?/m1/s1. The molecule has 4 fully saturated rings. The Morgan fingerprint density at radius 2 is 1.91 bits per heavy atom. The van der Waals surface area contributed by atoms with Gasteiger partial charge in [0.05, 0.1) is 25.5 Å². The lowest BCUT2D eigenvalue weighted by Crippen LogP contribution is -2.57. The molecule has 0 amide bonds. The molecule has 0 aromatic rings. The van der Waals surface area contributed by atoms with Gasteiger partial charge in [0.15, 0.2) is 0 Å². The van der Waals surface area contributed by atoms with Crippen molar-refractivity contribution < 1.29 is 9.57 Å². The monoisotopic (exact) mass is 311 g/mol. The number of hydroxylamine groups is 1. The first-order valence-electron chi connectivity index (χ1n) is 8.86. The van der Waals surface area contributed by atoms with E-state index >= 15 is 0 Å². The molecule has 4 aliphatic rings. The maximum Gasteiger partial charge on any atom is 0.146 e. The van der Waals surface area contributed by atoms with Crippen molar-refractivity contribution in [1.82, 2.24) is 26.3 Å². The smallest absolute Gasteiger partial charge is 0.146 e. The lowest BCUT2D eigenvalue weighted by Gasteiger charge is -2.40. The number of ether oxygens (including phenoxy) is 1. The molecule has 4 unspecified atom stereocenters. The van der Waals surface area contributed by atoms with Crippen LogP contribution in [0.5, 0.6) is 0 Å². The molecule has 7 heteroatoms. The first kappa shape index (κ1) is 15.3. The van der Waals surface area contributed by atoms with E-state index in [4.69, 9.17) is 9.57 Å². The summed E-state index contributed by atoms with van der Waals surface area (Å²) in [6, 6.07) is 0.454. The minimum absolute atomic E-state index is 0.115. The summed E-state index contributed by atoms with van der Waals surface area (Å²) in [6.45, 7) is 6.01. The summed E-state index contributed by atoms with van der Waals surface area (Å²) in [4.78, 5) is 8.29. The Kier molecular flexibility index (Phi) is 4.92. The third-order valence-electron chi connectivity index (χ3n) is 5.51. The second-order valence-corrected chi connectivity index (χ2v) is 6.91. The second-order valence-electron chi connectivity index (χ2n) is 6.91. The molecule has 0 aromatic carbocycles. The number of hydrogen-bond donors (Lipinski definition) is 4. The molecule has 4 rings (SSSR count). The van der Waals surface area contributed by atoms with Crippen LogP contribution in [0.25, 0.3) is 0 Å². The molecular weight excluding hydrogens is 282 g/mol. The molecule has 4 heterocycles. The van der Waals surface area contributed by atoms with Crippen LogP contribution in [0.2, 0.25) is 0 Å². The Labute approximate surface area is 132 Å². The SMILES string of the molecule is C1CN[C@@H](C2NC(C3CCC(N4CCOCC4)NC3)NO2)C1. The van der Waals surface area contributed by atoms with Gasteiger partial charge >= 0.3 is 0 Å². The van der Waals surface area contributed by atoms with Gasteiger partial charge in [-0.15, -0.1) is 0 Å². The number of piperidine rings is 1. The normalized spacial score (nSPS) is 44.5. The zero-order valence-electron chi connectivity index (χ0n) is 13.2. The molecule has 126 valence electrons. The Balaban J connectivity index is 1.23. The zero-order valence-corrected chi connectivity index (χ0v) is 13.2. The van der Waals surface area contributed by atoms with Crippen molar-refractivity contribution in [2.24, 2.45) is 5.92 Å². The van der Waals surface area contributed by atoms with Crippen LogP contribution < -0.4 is 21.4 Å². The van der Waals surface area contributed by atoms with Crippen molar-refractivity contribution in [1.29, 1.82) is 0 Å². The van der Waals surface area contributed by atoms with Crippen LogP contribution in [0.1, 0.15) is 25.7 Å². The van der Waals surface area contributed by atoms with E-state index in [1.54, 1.807) is 0 Å². The maximum atomic E-state index is 5.77. The Hall–Kier alpha value is -0.280. The molecule has 0 spiro atoms. The molecule has 4 aliphatic heterocycles. The Bertz CT molecular complexity index is 352. The van der Waals surface area contributed by atoms with Gasteiger partial charge in [-0.25, -0.2) is 0 Å². The zero-order chi connectivity index (χ0) is 14.8. The van der Waals surface area contributed by atoms with Gasteiger partial charge in [-0.2, -0.15) is 5.48 Å². The molecule has 22 heavy (non-hydrogen) atoms. The van der Waals surface area contributed by atoms with Crippen LogP contribution >= 0.6 is 0 Å². The summed E-state index contributed by atoms with van der Waals surface area (Å²) < 4.78 is 5.44. The van der Waals surface area contributed by atoms with Gasteiger partial charge in [0.1, 0.15) is 6.23 Å². The van der Waals surface area contributed by atoms with Crippen LogP contribution in [0.4, 0.5) is 0 Å². The van der Waals surface area contributed by atoms with Crippen LogP contribution in [0, 0.1) is 5.92 Å². The van der Waals surface area contributed by atoms with Crippen molar-refractivity contribution in [3.8, 4) is 0 Å². The fourth-order valence-electron chi connectivity index (χ4n) is 4.14. The quantitative estimate of drug-likeness (QED) is 0.542. The van der Waals surface area contributed by atoms with E-state index in [0.717, 1.165) is 39.4 Å². The van der Waals surface area contributed by atoms with Crippen molar-refractivity contribution >= 4 is 0 Å². The first-order chi connectivity index (χ1) is 10.9. The highest BCUT2D eigenvalue weighted by Gasteiger charge is 2.38. The number of rotatable bonds is 3. The average molecular weight is 311 g/mol. The highest BCUT2D eigenvalue weighted by molar-refractivity contribution is 4.90. The topological polar surface area (TPSA) is 69.8 Å². The lowest BCUT2D eigenvalue weighted by molar-refractivity contribution is -0.0110. The molecule has 0 aromatic heterocycles. The van der Waals surface area contributed by atoms with Gasteiger partial charge < -0.3 is 15.4 Å². The number of hydrogen-bond acceptors (Lipinski definition) is 7. The predicted octanol–water partition coefficient (Wildman–Crippen LogP) is -0.827. The molecule has 4 saturated heterocycles. The summed E-state index contributed by atoms with van der Waals surface area (Å²) in [6.07, 6.45) is 5.80. The fraction of sp³-hybridized carbons (Fsp3) is 1.00. The minimum Gasteiger partial charge on any atom is -0.379 e. The number of morpholine rings is 1. The minimum atomic E-state index is 0.115. The van der Waals surface area contributed by atoms with Gasteiger partial charge in [0.25, 0.3) is 0 Å². The van der Waals surface area contributed by atoms with E-state index in [9.17, 15) is 0 Å². The highest BCUT2D eigenvalue weighted by Crippen LogP contribution is 2.23. The predicted molar refractivity (Wildman–Crippen MR) is 82.9 cm³/mol. The summed E-state index contributed by atoms with van der Waals surface area (Å²) in [5.41, 5.74) is 3.22. The van der Waals surface area contributed by atoms with E-state index < -0.39 is 0 Å².